The minimum Gasteiger partial charge on any atom is -0.494 e. The number of hydrogen-bond acceptors (Lipinski definition) is 4. The molecule has 0 saturated heterocycles. The Labute approximate surface area is 167 Å². The summed E-state index contributed by atoms with van der Waals surface area (Å²) in [5, 5.41) is 5.70. The van der Waals surface area contributed by atoms with E-state index in [0.29, 0.717) is 19.4 Å². The van der Waals surface area contributed by atoms with Crippen molar-refractivity contribution in [1.29, 1.82) is 0 Å². The molecule has 0 radical (unpaired) electrons. The summed E-state index contributed by atoms with van der Waals surface area (Å²) < 4.78 is 5.75. The number of benzene rings is 1. The van der Waals surface area contributed by atoms with Crippen molar-refractivity contribution >= 4 is 17.6 Å². The fraction of sp³-hybridized carbons (Fsp3) is 0.591. The molecule has 2 aliphatic heterocycles. The van der Waals surface area contributed by atoms with Gasteiger partial charge in [0.1, 0.15) is 11.8 Å². The molecule has 3 rings (SSSR count). The molecule has 2 aliphatic rings. The van der Waals surface area contributed by atoms with Gasteiger partial charge in [-0.3, -0.25) is 14.4 Å². The van der Waals surface area contributed by atoms with Crippen LogP contribution in [0, 0.1) is 11.8 Å². The minimum atomic E-state index is -0.668. The van der Waals surface area contributed by atoms with Gasteiger partial charge in [0.05, 0.1) is 12.6 Å². The Hall–Kier alpha value is -2.37. The molecule has 1 aromatic carbocycles. The largest absolute Gasteiger partial charge is 0.494 e. The van der Waals surface area contributed by atoms with E-state index in [-0.39, 0.29) is 29.4 Å². The van der Waals surface area contributed by atoms with Crippen LogP contribution < -0.4 is 15.4 Å². The number of carbonyl (C=O) groups is 3. The Balaban J connectivity index is 2.21. The zero-order chi connectivity index (χ0) is 20.7. The first kappa shape index (κ1) is 21.9. The third kappa shape index (κ3) is 6.36. The SMILES string of the molecule is CC(=O)[C@@H]1CCCCOc2ccc(cc2)C[C@H](C)C(=O)N[C@@H](C(C)C)C(=O)N1. The van der Waals surface area contributed by atoms with Crippen LogP contribution in [0.2, 0.25) is 0 Å². The number of nitrogens with one attached hydrogen (secondary N) is 2. The normalized spacial score (nSPS) is 24.8. The fourth-order valence-electron chi connectivity index (χ4n) is 3.28. The first-order chi connectivity index (χ1) is 13.3. The average Bonchev–Trinajstić information content (AvgIpc) is 2.64. The molecule has 0 spiro atoms. The van der Waals surface area contributed by atoms with Gasteiger partial charge in [-0.15, -0.1) is 0 Å². The van der Waals surface area contributed by atoms with Gasteiger partial charge in [0.15, 0.2) is 5.78 Å². The maximum atomic E-state index is 12.8. The maximum absolute atomic E-state index is 12.8. The smallest absolute Gasteiger partial charge is 0.243 e. The minimum absolute atomic E-state index is 0.0790. The van der Waals surface area contributed by atoms with Crippen molar-refractivity contribution in [3.05, 3.63) is 29.8 Å². The van der Waals surface area contributed by atoms with E-state index in [1.165, 1.54) is 6.92 Å². The third-order valence-electron chi connectivity index (χ3n) is 5.12. The third-order valence-corrected chi connectivity index (χ3v) is 5.12. The van der Waals surface area contributed by atoms with E-state index in [2.05, 4.69) is 10.6 Å². The van der Waals surface area contributed by atoms with Gasteiger partial charge in [0.2, 0.25) is 11.8 Å². The summed E-state index contributed by atoms with van der Waals surface area (Å²) in [4.78, 5) is 37.4. The topological polar surface area (TPSA) is 84.5 Å². The van der Waals surface area contributed by atoms with Crippen molar-refractivity contribution < 1.29 is 19.1 Å². The summed E-state index contributed by atoms with van der Waals surface area (Å²) in [6.07, 6.45) is 2.69. The van der Waals surface area contributed by atoms with Crippen LogP contribution in [0.1, 0.15) is 52.5 Å². The quantitative estimate of drug-likeness (QED) is 0.816. The standard InChI is InChI=1S/C22H32N2O4/c1-14(2)20-22(27)23-19(16(4)25)7-5-6-12-28-18-10-8-17(9-11-18)13-15(3)21(26)24-20/h8-11,14-15,19-20H,5-7,12-13H2,1-4H3,(H,23,27)(H,24,26)/t15-,19-,20-/m0/s1. The van der Waals surface area contributed by atoms with Crippen LogP contribution in [0.5, 0.6) is 5.75 Å². The van der Waals surface area contributed by atoms with Gasteiger partial charge >= 0.3 is 0 Å². The summed E-state index contributed by atoms with van der Waals surface area (Å²) in [5.41, 5.74) is 1.04. The van der Waals surface area contributed by atoms with Crippen LogP contribution in [0.4, 0.5) is 0 Å². The highest BCUT2D eigenvalue weighted by Crippen LogP contribution is 2.17. The highest BCUT2D eigenvalue weighted by Gasteiger charge is 2.28. The number of ether oxygens (including phenoxy) is 1. The predicted octanol–water partition coefficient (Wildman–Crippen LogP) is 2.64. The lowest BCUT2D eigenvalue weighted by atomic mass is 9.97. The molecular weight excluding hydrogens is 356 g/mol. The van der Waals surface area contributed by atoms with Gasteiger partial charge in [-0.25, -0.2) is 0 Å². The van der Waals surface area contributed by atoms with E-state index in [1.54, 1.807) is 0 Å². The molecule has 154 valence electrons. The molecule has 2 N–H and O–H groups in total. The lowest BCUT2D eigenvalue weighted by Gasteiger charge is -2.26. The van der Waals surface area contributed by atoms with Gasteiger partial charge in [0, 0.05) is 5.92 Å². The van der Waals surface area contributed by atoms with E-state index < -0.39 is 12.1 Å². The van der Waals surface area contributed by atoms with Crippen LogP contribution in [-0.4, -0.2) is 36.3 Å². The number of Topliss-reactive ketones (excluding diaryl/α,β-unsaturated/α-hetero) is 1. The summed E-state index contributed by atoms with van der Waals surface area (Å²) in [6.45, 7) is 7.66. The monoisotopic (exact) mass is 388 g/mol. The summed E-state index contributed by atoms with van der Waals surface area (Å²) in [5.74, 6) is -0.122. The number of hydrogen-bond donors (Lipinski definition) is 2. The van der Waals surface area contributed by atoms with Crippen molar-refractivity contribution in [1.82, 2.24) is 10.6 Å². The van der Waals surface area contributed by atoms with Gasteiger partial charge < -0.3 is 15.4 Å². The van der Waals surface area contributed by atoms with Gasteiger partial charge in [-0.05, 0) is 56.2 Å². The molecule has 6 nitrogen and oxygen atoms in total. The number of amides is 2. The number of fused-ring (bicyclic) bond motifs is 14. The summed E-state index contributed by atoms with van der Waals surface area (Å²) >= 11 is 0. The van der Waals surface area contributed by atoms with Crippen molar-refractivity contribution in [2.75, 3.05) is 6.61 Å². The molecule has 0 saturated carbocycles. The summed E-state index contributed by atoms with van der Waals surface area (Å²) in [7, 11) is 0. The zero-order valence-corrected chi connectivity index (χ0v) is 17.3. The highest BCUT2D eigenvalue weighted by molar-refractivity contribution is 5.92. The molecule has 0 aliphatic carbocycles. The van der Waals surface area contributed by atoms with Crippen molar-refractivity contribution in [3.8, 4) is 5.75 Å². The van der Waals surface area contributed by atoms with E-state index in [0.717, 1.165) is 24.2 Å². The number of rotatable bonds is 2. The molecule has 3 atom stereocenters. The van der Waals surface area contributed by atoms with Crippen molar-refractivity contribution in [2.24, 2.45) is 11.8 Å². The Morgan fingerprint density at radius 2 is 1.75 bits per heavy atom. The Kier molecular flexibility index (Phi) is 8.03. The molecule has 2 bridgehead atoms. The first-order valence-electron chi connectivity index (χ1n) is 10.1. The molecule has 0 aromatic heterocycles. The second kappa shape index (κ2) is 10.2. The highest BCUT2D eigenvalue weighted by atomic mass is 16.5. The molecule has 2 heterocycles. The van der Waals surface area contributed by atoms with E-state index in [4.69, 9.17) is 4.74 Å². The van der Waals surface area contributed by atoms with Gasteiger partial charge in [-0.1, -0.05) is 32.9 Å². The average molecular weight is 389 g/mol. The van der Waals surface area contributed by atoms with Crippen LogP contribution in [0.3, 0.4) is 0 Å². The lowest BCUT2D eigenvalue weighted by molar-refractivity contribution is -0.133. The summed E-state index contributed by atoms with van der Waals surface area (Å²) in [6, 6.07) is 6.55. The van der Waals surface area contributed by atoms with E-state index in [1.807, 2.05) is 45.0 Å². The Morgan fingerprint density at radius 1 is 1.07 bits per heavy atom. The Morgan fingerprint density at radius 3 is 2.36 bits per heavy atom. The first-order valence-corrected chi connectivity index (χ1v) is 10.1. The van der Waals surface area contributed by atoms with Crippen molar-refractivity contribution in [3.63, 3.8) is 0 Å². The Bertz CT molecular complexity index is 684. The molecule has 0 unspecified atom stereocenters. The van der Waals surface area contributed by atoms with Crippen LogP contribution in [-0.2, 0) is 20.8 Å². The molecule has 6 heteroatoms. The fourth-order valence-corrected chi connectivity index (χ4v) is 3.28. The van der Waals surface area contributed by atoms with Crippen LogP contribution in [0.25, 0.3) is 0 Å². The predicted molar refractivity (Wildman–Crippen MR) is 108 cm³/mol. The second-order valence-electron chi connectivity index (χ2n) is 8.00. The van der Waals surface area contributed by atoms with E-state index in [9.17, 15) is 14.4 Å². The molecule has 0 fully saturated rings. The zero-order valence-electron chi connectivity index (χ0n) is 17.3. The number of carbonyl (C=O) groups excluding carboxylic acids is 3. The lowest BCUT2D eigenvalue weighted by Crippen LogP contribution is -2.54. The molecule has 2 amide bonds. The molecular formula is C22H32N2O4. The van der Waals surface area contributed by atoms with Crippen LogP contribution >= 0.6 is 0 Å². The number of ketones is 1. The second-order valence-corrected chi connectivity index (χ2v) is 8.00. The van der Waals surface area contributed by atoms with Gasteiger partial charge in [-0.2, -0.15) is 0 Å². The molecule has 1 aromatic rings. The van der Waals surface area contributed by atoms with Gasteiger partial charge in [0.25, 0.3) is 0 Å². The van der Waals surface area contributed by atoms with Crippen molar-refractivity contribution in [2.45, 2.75) is 65.5 Å². The maximum Gasteiger partial charge on any atom is 0.243 e. The van der Waals surface area contributed by atoms with E-state index >= 15 is 0 Å². The van der Waals surface area contributed by atoms with Crippen LogP contribution in [0.15, 0.2) is 24.3 Å². The molecule has 28 heavy (non-hydrogen) atoms.